The number of fused-ring (bicyclic) bond motifs is 1. The summed E-state index contributed by atoms with van der Waals surface area (Å²) in [4.78, 5) is 6.71. The summed E-state index contributed by atoms with van der Waals surface area (Å²) < 4.78 is 1.04. The highest BCUT2D eigenvalue weighted by molar-refractivity contribution is 9.10. The van der Waals surface area contributed by atoms with Crippen LogP contribution in [0.3, 0.4) is 0 Å². The number of likely N-dealkylation sites (N-methyl/N-ethyl adjacent to an activating group) is 1. The van der Waals surface area contributed by atoms with Crippen molar-refractivity contribution in [1.82, 2.24) is 4.98 Å². The lowest BCUT2D eigenvalue weighted by molar-refractivity contribution is 0.302. The zero-order chi connectivity index (χ0) is 13.1. The molecule has 3 nitrogen and oxygen atoms in total. The van der Waals surface area contributed by atoms with Gasteiger partial charge in [0.2, 0.25) is 0 Å². The minimum absolute atomic E-state index is 0.157. The first kappa shape index (κ1) is 13.3. The number of nitrogens with zero attached hydrogens (tertiary/aromatic N) is 2. The summed E-state index contributed by atoms with van der Waals surface area (Å²) >= 11 is 3.50. The molecule has 0 amide bonds. The second-order valence-electron chi connectivity index (χ2n) is 4.25. The largest absolute Gasteiger partial charge is 0.395 e. The molecule has 1 N–H and O–H groups in total. The number of halogens is 1. The van der Waals surface area contributed by atoms with Gasteiger partial charge in [-0.3, -0.25) is 4.98 Å². The lowest BCUT2D eigenvalue weighted by Crippen LogP contribution is -2.26. The van der Waals surface area contributed by atoms with Crippen molar-refractivity contribution in [2.24, 2.45) is 0 Å². The summed E-state index contributed by atoms with van der Waals surface area (Å²) in [6.45, 7) is 5.75. The Morgan fingerprint density at radius 1 is 1.33 bits per heavy atom. The van der Waals surface area contributed by atoms with Crippen molar-refractivity contribution >= 4 is 32.5 Å². The smallest absolute Gasteiger partial charge is 0.0726 e. The molecule has 0 saturated heterocycles. The van der Waals surface area contributed by atoms with E-state index in [0.717, 1.165) is 33.3 Å². The fraction of sp³-hybridized carbons (Fsp3) is 0.357. The number of anilines is 1. The van der Waals surface area contributed by atoms with Crippen LogP contribution in [-0.4, -0.2) is 29.8 Å². The second kappa shape index (κ2) is 5.67. The van der Waals surface area contributed by atoms with Gasteiger partial charge in [-0.05, 0) is 38.1 Å². The van der Waals surface area contributed by atoms with E-state index in [1.54, 1.807) is 0 Å². The van der Waals surface area contributed by atoms with Crippen molar-refractivity contribution in [1.29, 1.82) is 0 Å². The number of aryl methyl sites for hydroxylation is 1. The third-order valence-corrected chi connectivity index (χ3v) is 3.46. The molecule has 0 atom stereocenters. The molecule has 2 rings (SSSR count). The van der Waals surface area contributed by atoms with Crippen LogP contribution in [0.5, 0.6) is 0 Å². The molecular weight excluding hydrogens is 292 g/mol. The number of hydrogen-bond donors (Lipinski definition) is 1. The molecule has 0 aliphatic carbocycles. The van der Waals surface area contributed by atoms with Crippen LogP contribution in [0.15, 0.2) is 28.7 Å². The fourth-order valence-electron chi connectivity index (χ4n) is 2.14. The second-order valence-corrected chi connectivity index (χ2v) is 5.16. The van der Waals surface area contributed by atoms with Crippen LogP contribution in [0.25, 0.3) is 10.9 Å². The van der Waals surface area contributed by atoms with Crippen molar-refractivity contribution in [3.8, 4) is 0 Å². The Labute approximate surface area is 116 Å². The van der Waals surface area contributed by atoms with Crippen LogP contribution in [0.2, 0.25) is 0 Å². The molecule has 1 heterocycles. The van der Waals surface area contributed by atoms with E-state index in [4.69, 9.17) is 5.11 Å². The van der Waals surface area contributed by atoms with E-state index in [1.165, 1.54) is 0 Å². The highest BCUT2D eigenvalue weighted by atomic mass is 79.9. The summed E-state index contributed by atoms with van der Waals surface area (Å²) in [6.07, 6.45) is 0. The van der Waals surface area contributed by atoms with Gasteiger partial charge in [0.1, 0.15) is 0 Å². The molecule has 1 aromatic heterocycles. The summed E-state index contributed by atoms with van der Waals surface area (Å²) in [5, 5.41) is 10.3. The van der Waals surface area contributed by atoms with Crippen molar-refractivity contribution < 1.29 is 5.11 Å². The Bertz CT molecular complexity index is 557. The predicted octanol–water partition coefficient (Wildman–Crippen LogP) is 3.12. The topological polar surface area (TPSA) is 36.4 Å². The van der Waals surface area contributed by atoms with Gasteiger partial charge in [-0.1, -0.05) is 15.9 Å². The third kappa shape index (κ3) is 2.65. The lowest BCUT2D eigenvalue weighted by Gasteiger charge is -2.24. The van der Waals surface area contributed by atoms with Gasteiger partial charge in [0.05, 0.1) is 12.1 Å². The number of aliphatic hydroxyl groups excluding tert-OH is 1. The summed E-state index contributed by atoms with van der Waals surface area (Å²) in [5.74, 6) is 0. The fourth-order valence-corrected chi connectivity index (χ4v) is 2.50. The van der Waals surface area contributed by atoms with E-state index in [9.17, 15) is 0 Å². The van der Waals surface area contributed by atoms with Crippen molar-refractivity contribution in [2.75, 3.05) is 24.6 Å². The van der Waals surface area contributed by atoms with Gasteiger partial charge in [-0.25, -0.2) is 0 Å². The zero-order valence-electron chi connectivity index (χ0n) is 10.7. The lowest BCUT2D eigenvalue weighted by atomic mass is 10.1. The van der Waals surface area contributed by atoms with Gasteiger partial charge >= 0.3 is 0 Å². The Morgan fingerprint density at radius 2 is 2.11 bits per heavy atom. The van der Waals surface area contributed by atoms with Crippen molar-refractivity contribution in [3.05, 3.63) is 34.4 Å². The number of aromatic nitrogens is 1. The molecule has 4 heteroatoms. The zero-order valence-corrected chi connectivity index (χ0v) is 12.2. The van der Waals surface area contributed by atoms with Crippen LogP contribution < -0.4 is 4.90 Å². The quantitative estimate of drug-likeness (QED) is 0.942. The van der Waals surface area contributed by atoms with Gasteiger partial charge in [-0.2, -0.15) is 0 Å². The van der Waals surface area contributed by atoms with Crippen molar-refractivity contribution in [3.63, 3.8) is 0 Å². The molecule has 96 valence electrons. The molecule has 18 heavy (non-hydrogen) atoms. The van der Waals surface area contributed by atoms with E-state index in [-0.39, 0.29) is 6.61 Å². The monoisotopic (exact) mass is 308 g/mol. The van der Waals surface area contributed by atoms with Crippen LogP contribution in [0, 0.1) is 6.92 Å². The number of hydrogen-bond acceptors (Lipinski definition) is 3. The van der Waals surface area contributed by atoms with E-state index < -0.39 is 0 Å². The Kier molecular flexibility index (Phi) is 4.19. The molecule has 2 aromatic rings. The molecule has 0 fully saturated rings. The average Bonchev–Trinajstić information content (AvgIpc) is 2.36. The number of benzene rings is 1. The predicted molar refractivity (Wildman–Crippen MR) is 79.2 cm³/mol. The first-order valence-electron chi connectivity index (χ1n) is 6.08. The van der Waals surface area contributed by atoms with E-state index in [1.807, 2.05) is 19.1 Å². The average molecular weight is 309 g/mol. The normalized spacial score (nSPS) is 10.9. The number of aliphatic hydroxyl groups is 1. The first-order valence-corrected chi connectivity index (χ1v) is 6.87. The first-order chi connectivity index (χ1) is 8.65. The Balaban J connectivity index is 2.63. The number of rotatable bonds is 4. The molecule has 0 saturated carbocycles. The standard InChI is InChI=1S/C14H17BrN2O/c1-3-17(6-7-18)14-8-10(2)16-13-5-4-11(15)9-12(13)14/h4-5,8-9,18H,3,6-7H2,1-2H3. The van der Waals surface area contributed by atoms with Gasteiger partial charge in [0.15, 0.2) is 0 Å². The van der Waals surface area contributed by atoms with E-state index in [0.29, 0.717) is 6.54 Å². The molecule has 0 aliphatic rings. The highest BCUT2D eigenvalue weighted by Crippen LogP contribution is 2.29. The highest BCUT2D eigenvalue weighted by Gasteiger charge is 2.10. The van der Waals surface area contributed by atoms with Gasteiger partial charge in [0.25, 0.3) is 0 Å². The van der Waals surface area contributed by atoms with E-state index >= 15 is 0 Å². The molecule has 0 radical (unpaired) electrons. The Hall–Kier alpha value is -1.13. The maximum atomic E-state index is 9.16. The molecule has 0 unspecified atom stereocenters. The third-order valence-electron chi connectivity index (χ3n) is 2.97. The summed E-state index contributed by atoms with van der Waals surface area (Å²) in [6, 6.07) is 8.18. The maximum Gasteiger partial charge on any atom is 0.0726 e. The molecule has 0 aliphatic heterocycles. The van der Waals surface area contributed by atoms with Crippen LogP contribution in [-0.2, 0) is 0 Å². The number of pyridine rings is 1. The molecule has 0 spiro atoms. The van der Waals surface area contributed by atoms with Crippen LogP contribution >= 0.6 is 15.9 Å². The van der Waals surface area contributed by atoms with E-state index in [2.05, 4.69) is 44.9 Å². The van der Waals surface area contributed by atoms with Gasteiger partial charge in [0, 0.05) is 34.3 Å². The van der Waals surface area contributed by atoms with Crippen molar-refractivity contribution in [2.45, 2.75) is 13.8 Å². The molecule has 1 aromatic carbocycles. The molecular formula is C14H17BrN2O. The van der Waals surface area contributed by atoms with Crippen LogP contribution in [0.1, 0.15) is 12.6 Å². The van der Waals surface area contributed by atoms with Gasteiger partial charge < -0.3 is 10.0 Å². The van der Waals surface area contributed by atoms with Gasteiger partial charge in [-0.15, -0.1) is 0 Å². The SMILES string of the molecule is CCN(CCO)c1cc(C)nc2ccc(Br)cc12. The van der Waals surface area contributed by atoms with Crippen LogP contribution in [0.4, 0.5) is 5.69 Å². The molecule has 0 bridgehead atoms. The minimum atomic E-state index is 0.157. The maximum absolute atomic E-state index is 9.16. The Morgan fingerprint density at radius 3 is 2.78 bits per heavy atom. The summed E-state index contributed by atoms with van der Waals surface area (Å²) in [7, 11) is 0. The minimum Gasteiger partial charge on any atom is -0.395 e. The summed E-state index contributed by atoms with van der Waals surface area (Å²) in [5.41, 5.74) is 3.12.